The summed E-state index contributed by atoms with van der Waals surface area (Å²) in [5, 5.41) is 7.03. The van der Waals surface area contributed by atoms with E-state index >= 15 is 0 Å². The smallest absolute Gasteiger partial charge is 0.0736 e. The molecule has 13 heavy (non-hydrogen) atoms. The van der Waals surface area contributed by atoms with Crippen LogP contribution in [-0.4, -0.2) is 10.2 Å². The van der Waals surface area contributed by atoms with Crippen molar-refractivity contribution in [1.29, 1.82) is 0 Å². The molecule has 1 aromatic heterocycles. The molecule has 1 aromatic rings. The Balaban J connectivity index is 2.27. The summed E-state index contributed by atoms with van der Waals surface area (Å²) < 4.78 is 0. The molecule has 3 nitrogen and oxygen atoms in total. The molecule has 1 fully saturated rings. The van der Waals surface area contributed by atoms with E-state index in [1.807, 2.05) is 0 Å². The standard InChI is InChI=1S/C10H17N3/c1-10(5-3-2-4-6-10)9-8(11)7-12-13-9/h7H,2-6,11H2,1H3,(H,12,13). The maximum absolute atomic E-state index is 5.86. The van der Waals surface area contributed by atoms with Crippen LogP contribution in [0.25, 0.3) is 0 Å². The number of anilines is 1. The molecule has 0 aromatic carbocycles. The first kappa shape index (κ1) is 8.60. The van der Waals surface area contributed by atoms with Gasteiger partial charge in [-0.3, -0.25) is 5.10 Å². The lowest BCUT2D eigenvalue weighted by atomic mass is 9.73. The summed E-state index contributed by atoms with van der Waals surface area (Å²) >= 11 is 0. The quantitative estimate of drug-likeness (QED) is 0.694. The Labute approximate surface area is 78.7 Å². The minimum atomic E-state index is 0.249. The van der Waals surface area contributed by atoms with Crippen molar-refractivity contribution in [3.05, 3.63) is 11.9 Å². The van der Waals surface area contributed by atoms with Crippen LogP contribution in [0.2, 0.25) is 0 Å². The fourth-order valence-corrected chi connectivity index (χ4v) is 2.36. The van der Waals surface area contributed by atoms with E-state index in [9.17, 15) is 0 Å². The molecule has 0 spiro atoms. The summed E-state index contributed by atoms with van der Waals surface area (Å²) in [5.74, 6) is 0. The van der Waals surface area contributed by atoms with Crippen LogP contribution in [0, 0.1) is 0 Å². The first-order chi connectivity index (χ1) is 6.22. The number of nitrogen functional groups attached to an aromatic ring is 1. The number of aromatic amines is 1. The zero-order valence-corrected chi connectivity index (χ0v) is 8.14. The molecule has 0 saturated heterocycles. The third kappa shape index (κ3) is 1.43. The molecule has 1 aliphatic carbocycles. The Hall–Kier alpha value is -0.990. The number of hydrogen-bond acceptors (Lipinski definition) is 2. The van der Waals surface area contributed by atoms with E-state index < -0.39 is 0 Å². The Bertz CT molecular complexity index is 284. The Morgan fingerprint density at radius 2 is 2.08 bits per heavy atom. The van der Waals surface area contributed by atoms with E-state index in [1.165, 1.54) is 32.1 Å². The van der Waals surface area contributed by atoms with Crippen LogP contribution in [-0.2, 0) is 5.41 Å². The van der Waals surface area contributed by atoms with Crippen LogP contribution >= 0.6 is 0 Å². The van der Waals surface area contributed by atoms with E-state index in [1.54, 1.807) is 6.20 Å². The van der Waals surface area contributed by atoms with E-state index in [0.29, 0.717) is 0 Å². The van der Waals surface area contributed by atoms with Crippen molar-refractivity contribution >= 4 is 5.69 Å². The van der Waals surface area contributed by atoms with Crippen molar-refractivity contribution in [2.75, 3.05) is 5.73 Å². The second-order valence-corrected chi connectivity index (χ2v) is 4.32. The fourth-order valence-electron chi connectivity index (χ4n) is 2.36. The first-order valence-corrected chi connectivity index (χ1v) is 5.02. The summed E-state index contributed by atoms with van der Waals surface area (Å²) in [6.45, 7) is 2.29. The largest absolute Gasteiger partial charge is 0.396 e. The lowest BCUT2D eigenvalue weighted by Gasteiger charge is -2.32. The number of nitrogens with one attached hydrogen (secondary N) is 1. The van der Waals surface area contributed by atoms with Crippen LogP contribution in [0.1, 0.15) is 44.7 Å². The van der Waals surface area contributed by atoms with Gasteiger partial charge in [0.25, 0.3) is 0 Å². The molecule has 0 unspecified atom stereocenters. The van der Waals surface area contributed by atoms with E-state index in [4.69, 9.17) is 5.73 Å². The van der Waals surface area contributed by atoms with Gasteiger partial charge in [0.05, 0.1) is 17.6 Å². The highest BCUT2D eigenvalue weighted by atomic mass is 15.1. The van der Waals surface area contributed by atoms with E-state index in [-0.39, 0.29) is 5.41 Å². The van der Waals surface area contributed by atoms with Gasteiger partial charge in [0.1, 0.15) is 0 Å². The average molecular weight is 179 g/mol. The summed E-state index contributed by atoms with van der Waals surface area (Å²) in [6, 6.07) is 0. The van der Waals surface area contributed by atoms with Gasteiger partial charge in [0, 0.05) is 5.41 Å². The Morgan fingerprint density at radius 3 is 2.62 bits per heavy atom. The number of H-pyrrole nitrogens is 1. The van der Waals surface area contributed by atoms with Crippen LogP contribution < -0.4 is 5.73 Å². The zero-order chi connectivity index (χ0) is 9.31. The molecule has 0 bridgehead atoms. The number of hydrogen-bond donors (Lipinski definition) is 2. The van der Waals surface area contributed by atoms with Crippen molar-refractivity contribution in [2.24, 2.45) is 0 Å². The van der Waals surface area contributed by atoms with Gasteiger partial charge in [-0.1, -0.05) is 26.2 Å². The third-order valence-electron chi connectivity index (χ3n) is 3.23. The molecule has 0 aliphatic heterocycles. The SMILES string of the molecule is CC1(c2[nH]ncc2N)CCCCC1. The molecule has 0 amide bonds. The number of nitrogens with zero attached hydrogens (tertiary/aromatic N) is 1. The summed E-state index contributed by atoms with van der Waals surface area (Å²) in [7, 11) is 0. The van der Waals surface area contributed by atoms with Gasteiger partial charge >= 0.3 is 0 Å². The number of rotatable bonds is 1. The minimum absolute atomic E-state index is 0.249. The normalized spacial score (nSPS) is 21.6. The molecule has 3 N–H and O–H groups in total. The average Bonchev–Trinajstić information content (AvgIpc) is 2.53. The summed E-state index contributed by atoms with van der Waals surface area (Å²) in [4.78, 5) is 0. The second-order valence-electron chi connectivity index (χ2n) is 4.32. The lowest BCUT2D eigenvalue weighted by Crippen LogP contribution is -2.26. The van der Waals surface area contributed by atoms with Crippen LogP contribution in [0.3, 0.4) is 0 Å². The van der Waals surface area contributed by atoms with Crippen molar-refractivity contribution in [3.8, 4) is 0 Å². The van der Waals surface area contributed by atoms with Gasteiger partial charge in [0.15, 0.2) is 0 Å². The molecule has 0 radical (unpaired) electrons. The highest BCUT2D eigenvalue weighted by molar-refractivity contribution is 5.44. The molecule has 72 valence electrons. The monoisotopic (exact) mass is 179 g/mol. The van der Waals surface area contributed by atoms with Crippen LogP contribution in [0.15, 0.2) is 6.20 Å². The summed E-state index contributed by atoms with van der Waals surface area (Å²) in [5.41, 5.74) is 8.08. The van der Waals surface area contributed by atoms with Crippen molar-refractivity contribution in [1.82, 2.24) is 10.2 Å². The predicted molar refractivity (Wildman–Crippen MR) is 53.4 cm³/mol. The minimum Gasteiger partial charge on any atom is -0.396 e. The molecule has 0 atom stereocenters. The molecule has 3 heteroatoms. The molecule has 2 rings (SSSR count). The number of nitrogens with two attached hydrogens (primary N) is 1. The maximum Gasteiger partial charge on any atom is 0.0736 e. The van der Waals surface area contributed by atoms with Crippen LogP contribution in [0.5, 0.6) is 0 Å². The van der Waals surface area contributed by atoms with E-state index in [2.05, 4.69) is 17.1 Å². The Kier molecular flexibility index (Phi) is 2.02. The van der Waals surface area contributed by atoms with Gasteiger partial charge in [-0.15, -0.1) is 0 Å². The third-order valence-corrected chi connectivity index (χ3v) is 3.23. The number of aromatic nitrogens is 2. The van der Waals surface area contributed by atoms with Gasteiger partial charge in [-0.25, -0.2) is 0 Å². The van der Waals surface area contributed by atoms with Gasteiger partial charge < -0.3 is 5.73 Å². The molecular weight excluding hydrogens is 162 g/mol. The second kappa shape index (κ2) is 3.05. The zero-order valence-electron chi connectivity index (χ0n) is 8.14. The lowest BCUT2D eigenvalue weighted by molar-refractivity contribution is 0.313. The molecule has 1 heterocycles. The highest BCUT2D eigenvalue weighted by Crippen LogP contribution is 2.39. The molecule has 1 aliphatic rings. The molecule has 1 saturated carbocycles. The van der Waals surface area contributed by atoms with Crippen molar-refractivity contribution in [3.63, 3.8) is 0 Å². The summed E-state index contributed by atoms with van der Waals surface area (Å²) in [6.07, 6.45) is 8.18. The predicted octanol–water partition coefficient (Wildman–Crippen LogP) is 2.21. The van der Waals surface area contributed by atoms with Crippen LogP contribution in [0.4, 0.5) is 5.69 Å². The topological polar surface area (TPSA) is 54.7 Å². The van der Waals surface area contributed by atoms with Gasteiger partial charge in [0.2, 0.25) is 0 Å². The van der Waals surface area contributed by atoms with Gasteiger partial charge in [-0.2, -0.15) is 5.10 Å². The van der Waals surface area contributed by atoms with Crippen molar-refractivity contribution in [2.45, 2.75) is 44.4 Å². The Morgan fingerprint density at radius 1 is 1.38 bits per heavy atom. The molecular formula is C10H17N3. The fraction of sp³-hybridized carbons (Fsp3) is 0.700. The highest BCUT2D eigenvalue weighted by Gasteiger charge is 2.31. The maximum atomic E-state index is 5.86. The van der Waals surface area contributed by atoms with Gasteiger partial charge in [-0.05, 0) is 12.8 Å². The van der Waals surface area contributed by atoms with E-state index in [0.717, 1.165) is 11.4 Å². The van der Waals surface area contributed by atoms with Crippen molar-refractivity contribution < 1.29 is 0 Å². The first-order valence-electron chi connectivity index (χ1n) is 5.02.